The van der Waals surface area contributed by atoms with Crippen molar-refractivity contribution in [2.24, 2.45) is 11.8 Å². The number of methoxy groups -OCH3 is 1. The minimum Gasteiger partial charge on any atom is -0.469 e. The Labute approximate surface area is 181 Å². The highest BCUT2D eigenvalue weighted by Gasteiger charge is 2.32. The molecule has 3 rings (SSSR count). The third-order valence-corrected chi connectivity index (χ3v) is 7.95. The molecule has 1 aliphatic heterocycles. The van der Waals surface area contributed by atoms with E-state index in [9.17, 15) is 18.0 Å². The van der Waals surface area contributed by atoms with Crippen LogP contribution in [0, 0.1) is 11.8 Å². The van der Waals surface area contributed by atoms with Crippen LogP contribution in [0.3, 0.4) is 0 Å². The molecule has 0 aromatic heterocycles. The van der Waals surface area contributed by atoms with Crippen molar-refractivity contribution in [2.75, 3.05) is 40.0 Å². The zero-order chi connectivity index (χ0) is 21.7. The minimum atomic E-state index is -3.74. The van der Waals surface area contributed by atoms with Gasteiger partial charge in [-0.25, -0.2) is 8.42 Å². The van der Waals surface area contributed by atoms with Crippen LogP contribution in [0.1, 0.15) is 36.0 Å². The number of amides is 1. The van der Waals surface area contributed by atoms with Gasteiger partial charge in [0.25, 0.3) is 5.91 Å². The molecule has 2 unspecified atom stereocenters. The molecular formula is C20H27ClN2O6S. The van der Waals surface area contributed by atoms with E-state index in [0.29, 0.717) is 19.8 Å². The van der Waals surface area contributed by atoms with Crippen LogP contribution in [0.5, 0.6) is 0 Å². The number of carbonyl (C=O) groups is 2. The fourth-order valence-electron chi connectivity index (χ4n) is 4.01. The predicted molar refractivity (Wildman–Crippen MR) is 111 cm³/mol. The average molecular weight is 459 g/mol. The first-order chi connectivity index (χ1) is 14.3. The van der Waals surface area contributed by atoms with Crippen LogP contribution in [0.2, 0.25) is 5.02 Å². The summed E-state index contributed by atoms with van der Waals surface area (Å²) in [6.45, 7) is 1.51. The normalized spacial score (nSPS) is 23.0. The molecule has 0 bridgehead atoms. The molecule has 2 aliphatic rings. The van der Waals surface area contributed by atoms with E-state index in [1.807, 2.05) is 0 Å². The molecule has 166 valence electrons. The highest BCUT2D eigenvalue weighted by molar-refractivity contribution is 7.89. The van der Waals surface area contributed by atoms with Crippen molar-refractivity contribution < 1.29 is 27.5 Å². The van der Waals surface area contributed by atoms with Gasteiger partial charge in [-0.15, -0.1) is 0 Å². The van der Waals surface area contributed by atoms with Gasteiger partial charge in [-0.2, -0.15) is 4.31 Å². The summed E-state index contributed by atoms with van der Waals surface area (Å²) >= 11 is 6.19. The van der Waals surface area contributed by atoms with Gasteiger partial charge in [0.1, 0.15) is 0 Å². The van der Waals surface area contributed by atoms with Crippen LogP contribution in [0.4, 0.5) is 0 Å². The number of hydrogen-bond donors (Lipinski definition) is 1. The van der Waals surface area contributed by atoms with Crippen molar-refractivity contribution >= 4 is 33.5 Å². The zero-order valence-electron chi connectivity index (χ0n) is 16.9. The number of rotatable bonds is 6. The summed E-state index contributed by atoms with van der Waals surface area (Å²) in [5, 5.41) is 2.99. The molecule has 1 aliphatic carbocycles. The monoisotopic (exact) mass is 458 g/mol. The fraction of sp³-hybridized carbons (Fsp3) is 0.600. The van der Waals surface area contributed by atoms with Crippen molar-refractivity contribution in [1.82, 2.24) is 9.62 Å². The first-order valence-electron chi connectivity index (χ1n) is 10.1. The minimum absolute atomic E-state index is 0.0176. The Kier molecular flexibility index (Phi) is 7.73. The Hall–Kier alpha value is -1.68. The maximum atomic E-state index is 12.9. The van der Waals surface area contributed by atoms with E-state index in [2.05, 4.69) is 5.32 Å². The molecular weight excluding hydrogens is 432 g/mol. The Balaban J connectivity index is 1.73. The molecule has 1 aromatic rings. The average Bonchev–Trinajstić information content (AvgIpc) is 2.77. The van der Waals surface area contributed by atoms with E-state index in [4.69, 9.17) is 21.1 Å². The van der Waals surface area contributed by atoms with Crippen LogP contribution in [0.15, 0.2) is 23.1 Å². The third kappa shape index (κ3) is 5.14. The number of nitrogens with one attached hydrogen (secondary N) is 1. The number of nitrogens with zero attached hydrogens (tertiary/aromatic N) is 1. The van der Waals surface area contributed by atoms with E-state index in [1.54, 1.807) is 0 Å². The predicted octanol–water partition coefficient (Wildman–Crippen LogP) is 2.07. The Morgan fingerprint density at radius 3 is 2.63 bits per heavy atom. The summed E-state index contributed by atoms with van der Waals surface area (Å²) in [5.41, 5.74) is 0.0939. The Morgan fingerprint density at radius 1 is 1.23 bits per heavy atom. The lowest BCUT2D eigenvalue weighted by molar-refractivity contribution is -0.148. The summed E-state index contributed by atoms with van der Waals surface area (Å²) < 4.78 is 37.2. The molecule has 1 heterocycles. The molecule has 0 spiro atoms. The number of esters is 1. The lowest BCUT2D eigenvalue weighted by Gasteiger charge is -2.29. The second-order valence-corrected chi connectivity index (χ2v) is 9.89. The van der Waals surface area contributed by atoms with Crippen molar-refractivity contribution in [2.45, 2.75) is 30.6 Å². The van der Waals surface area contributed by atoms with Crippen LogP contribution in [-0.2, 0) is 24.3 Å². The number of sulfonamides is 1. The highest BCUT2D eigenvalue weighted by Crippen LogP contribution is 2.31. The summed E-state index contributed by atoms with van der Waals surface area (Å²) in [7, 11) is -2.37. The lowest BCUT2D eigenvalue weighted by Crippen LogP contribution is -2.40. The number of morpholine rings is 1. The molecule has 8 nitrogen and oxygen atoms in total. The molecule has 1 N–H and O–H groups in total. The molecule has 10 heteroatoms. The largest absolute Gasteiger partial charge is 0.469 e. The van der Waals surface area contributed by atoms with E-state index in [1.165, 1.54) is 29.6 Å². The molecule has 1 saturated carbocycles. The van der Waals surface area contributed by atoms with E-state index >= 15 is 0 Å². The molecule has 2 fully saturated rings. The van der Waals surface area contributed by atoms with Gasteiger partial charge in [-0.3, -0.25) is 9.59 Å². The van der Waals surface area contributed by atoms with Gasteiger partial charge >= 0.3 is 5.97 Å². The fourth-order valence-corrected chi connectivity index (χ4v) is 5.65. The third-order valence-electron chi connectivity index (χ3n) is 5.73. The second kappa shape index (κ2) is 10.1. The Morgan fingerprint density at radius 2 is 1.93 bits per heavy atom. The van der Waals surface area contributed by atoms with Gasteiger partial charge in [0.15, 0.2) is 0 Å². The molecule has 30 heavy (non-hydrogen) atoms. The van der Waals surface area contributed by atoms with Gasteiger partial charge in [0, 0.05) is 19.6 Å². The lowest BCUT2D eigenvalue weighted by atomic mass is 9.79. The van der Waals surface area contributed by atoms with Crippen molar-refractivity contribution in [1.29, 1.82) is 0 Å². The highest BCUT2D eigenvalue weighted by atomic mass is 35.5. The maximum absolute atomic E-state index is 12.9. The number of hydrogen-bond acceptors (Lipinski definition) is 6. The number of ether oxygens (including phenoxy) is 2. The van der Waals surface area contributed by atoms with Gasteiger partial charge in [-0.1, -0.05) is 24.4 Å². The van der Waals surface area contributed by atoms with Gasteiger partial charge in [0.05, 0.1) is 41.7 Å². The number of halogens is 1. The summed E-state index contributed by atoms with van der Waals surface area (Å²) in [6.07, 6.45) is 3.50. The zero-order valence-corrected chi connectivity index (χ0v) is 18.5. The van der Waals surface area contributed by atoms with Crippen molar-refractivity contribution in [3.8, 4) is 0 Å². The molecule has 1 amide bonds. The molecule has 1 saturated heterocycles. The first kappa shape index (κ1) is 23.0. The second-order valence-electron chi connectivity index (χ2n) is 7.54. The number of benzene rings is 1. The van der Waals surface area contributed by atoms with Crippen LogP contribution in [-0.4, -0.2) is 64.6 Å². The van der Waals surface area contributed by atoms with Gasteiger partial charge < -0.3 is 14.8 Å². The Bertz CT molecular complexity index is 885. The summed E-state index contributed by atoms with van der Waals surface area (Å²) in [5.74, 6) is -0.986. The van der Waals surface area contributed by atoms with Crippen molar-refractivity contribution in [3.63, 3.8) is 0 Å². The van der Waals surface area contributed by atoms with Crippen LogP contribution in [0.25, 0.3) is 0 Å². The topological polar surface area (TPSA) is 102 Å². The van der Waals surface area contributed by atoms with E-state index in [-0.39, 0.29) is 46.4 Å². The van der Waals surface area contributed by atoms with Gasteiger partial charge in [0.2, 0.25) is 10.0 Å². The first-order valence-corrected chi connectivity index (χ1v) is 11.9. The molecule has 2 atom stereocenters. The van der Waals surface area contributed by atoms with E-state index < -0.39 is 15.9 Å². The quantitative estimate of drug-likeness (QED) is 0.655. The van der Waals surface area contributed by atoms with Crippen LogP contribution < -0.4 is 5.32 Å². The number of carbonyl (C=O) groups excluding carboxylic acids is 2. The van der Waals surface area contributed by atoms with Crippen molar-refractivity contribution in [3.05, 3.63) is 28.8 Å². The van der Waals surface area contributed by atoms with Gasteiger partial charge in [-0.05, 0) is 37.0 Å². The smallest absolute Gasteiger partial charge is 0.309 e. The van der Waals surface area contributed by atoms with Crippen LogP contribution >= 0.6 is 11.6 Å². The summed E-state index contributed by atoms with van der Waals surface area (Å²) in [4.78, 5) is 24.8. The molecule has 0 radical (unpaired) electrons. The maximum Gasteiger partial charge on any atom is 0.309 e. The SMILES string of the molecule is COC(=O)C1CCCCC1CNC(=O)c1cc(S(=O)(=O)N2CCOCC2)ccc1Cl. The molecule has 1 aromatic carbocycles. The standard InChI is InChI=1S/C20H27ClN2O6S/c1-28-20(25)16-5-3-2-4-14(16)13-22-19(24)17-12-15(6-7-18(17)21)30(26,27)23-8-10-29-11-9-23/h6-7,12,14,16H,2-5,8-11,13H2,1H3,(H,22,24). The summed E-state index contributed by atoms with van der Waals surface area (Å²) in [6, 6.07) is 4.13. The van der Waals surface area contributed by atoms with E-state index in [0.717, 1.165) is 25.7 Å².